The van der Waals surface area contributed by atoms with Crippen LogP contribution in [-0.2, 0) is 4.79 Å². The predicted octanol–water partition coefficient (Wildman–Crippen LogP) is 2.71. The molecule has 0 heterocycles. The lowest BCUT2D eigenvalue weighted by atomic mass is 10.1. The second-order valence-electron chi connectivity index (χ2n) is 4.52. The quantitative estimate of drug-likeness (QED) is 0.578. The van der Waals surface area contributed by atoms with E-state index in [9.17, 15) is 4.79 Å². The summed E-state index contributed by atoms with van der Waals surface area (Å²) in [4.78, 5) is 11.4. The Hall–Kier alpha value is -0.0500. The van der Waals surface area contributed by atoms with Gasteiger partial charge in [0.1, 0.15) is 0 Å². The Bertz CT molecular complexity index is 190. The Morgan fingerprint density at radius 2 is 2.14 bits per heavy atom. The van der Waals surface area contributed by atoms with Crippen LogP contribution in [0, 0.1) is 11.8 Å². The molecule has 0 aromatic heterocycles. The van der Waals surface area contributed by atoms with E-state index in [1.807, 2.05) is 13.8 Å². The molecule has 1 saturated carbocycles. The van der Waals surface area contributed by atoms with Crippen molar-refractivity contribution < 1.29 is 4.79 Å². The van der Waals surface area contributed by atoms with Gasteiger partial charge in [-0.1, -0.05) is 42.6 Å². The zero-order valence-corrected chi connectivity index (χ0v) is 10.6. The molecule has 14 heavy (non-hydrogen) atoms. The zero-order chi connectivity index (χ0) is 10.6. The van der Waals surface area contributed by atoms with Gasteiger partial charge in [0.2, 0.25) is 5.91 Å². The molecule has 1 N–H and O–H groups in total. The van der Waals surface area contributed by atoms with Crippen molar-refractivity contribution in [1.82, 2.24) is 5.32 Å². The number of nitrogens with one attached hydrogen (secondary N) is 1. The summed E-state index contributed by atoms with van der Waals surface area (Å²) in [5.41, 5.74) is 0. The van der Waals surface area contributed by atoms with Crippen molar-refractivity contribution in [1.29, 1.82) is 0 Å². The lowest BCUT2D eigenvalue weighted by Crippen LogP contribution is -2.34. The van der Waals surface area contributed by atoms with Crippen LogP contribution in [0.5, 0.6) is 0 Å². The van der Waals surface area contributed by atoms with Gasteiger partial charge in [0.25, 0.3) is 0 Å². The molecule has 0 bridgehead atoms. The van der Waals surface area contributed by atoms with Crippen LogP contribution in [0.2, 0.25) is 0 Å². The van der Waals surface area contributed by atoms with E-state index in [0.29, 0.717) is 5.92 Å². The van der Waals surface area contributed by atoms with Crippen LogP contribution < -0.4 is 5.32 Å². The van der Waals surface area contributed by atoms with Crippen molar-refractivity contribution in [3.8, 4) is 0 Å². The van der Waals surface area contributed by atoms with Crippen LogP contribution in [0.3, 0.4) is 0 Å². The monoisotopic (exact) mass is 261 g/mol. The molecule has 1 unspecified atom stereocenters. The third-order valence-electron chi connectivity index (χ3n) is 2.62. The number of alkyl halides is 1. The van der Waals surface area contributed by atoms with Crippen molar-refractivity contribution >= 4 is 21.8 Å². The summed E-state index contributed by atoms with van der Waals surface area (Å²) in [5, 5.41) is 2.96. The second kappa shape index (κ2) is 5.74. The molecule has 0 aromatic rings. The number of rotatable bonds is 6. The smallest absolute Gasteiger partial charge is 0.234 e. The van der Waals surface area contributed by atoms with Gasteiger partial charge in [-0.2, -0.15) is 0 Å². The summed E-state index contributed by atoms with van der Waals surface area (Å²) >= 11 is 3.39. The Labute approximate surface area is 95.0 Å². The van der Waals surface area contributed by atoms with Gasteiger partial charge in [0.15, 0.2) is 0 Å². The molecule has 0 saturated heterocycles. The molecule has 0 spiro atoms. The highest BCUT2D eigenvalue weighted by Crippen LogP contribution is 2.33. The minimum absolute atomic E-state index is 0.0385. The molecule has 1 rings (SSSR count). The molecular weight excluding hydrogens is 242 g/mol. The van der Waals surface area contributed by atoms with Crippen LogP contribution in [0.4, 0.5) is 0 Å². The Kier molecular flexibility index (Phi) is 4.93. The van der Waals surface area contributed by atoms with Gasteiger partial charge < -0.3 is 5.32 Å². The number of carbonyl (C=O) groups excluding carboxylic acids is 1. The topological polar surface area (TPSA) is 29.1 Å². The van der Waals surface area contributed by atoms with Crippen molar-refractivity contribution in [3.05, 3.63) is 0 Å². The maximum absolute atomic E-state index is 11.5. The summed E-state index contributed by atoms with van der Waals surface area (Å²) < 4.78 is 0. The van der Waals surface area contributed by atoms with E-state index >= 15 is 0 Å². The fourth-order valence-corrected chi connectivity index (χ4v) is 1.57. The van der Waals surface area contributed by atoms with Gasteiger partial charge in [-0.3, -0.25) is 4.79 Å². The number of carbonyl (C=O) groups is 1. The Morgan fingerprint density at radius 1 is 1.50 bits per heavy atom. The van der Waals surface area contributed by atoms with Gasteiger partial charge in [-0.05, 0) is 24.7 Å². The normalized spacial score (nSPS) is 18.3. The minimum Gasteiger partial charge on any atom is -0.355 e. The molecule has 0 aromatic carbocycles. The largest absolute Gasteiger partial charge is 0.355 e. The molecule has 2 nitrogen and oxygen atoms in total. The first-order chi connectivity index (χ1) is 6.61. The third kappa shape index (κ3) is 4.45. The highest BCUT2D eigenvalue weighted by Gasteiger charge is 2.21. The highest BCUT2D eigenvalue weighted by molar-refractivity contribution is 9.10. The SMILES string of the molecule is CC(C)C(Br)C(=O)NCCCC1CC1. The number of hydrogen-bond donors (Lipinski definition) is 1. The first-order valence-electron chi connectivity index (χ1n) is 5.53. The minimum atomic E-state index is -0.0385. The van der Waals surface area contributed by atoms with Crippen molar-refractivity contribution in [2.24, 2.45) is 11.8 Å². The van der Waals surface area contributed by atoms with Gasteiger partial charge in [0.05, 0.1) is 4.83 Å². The molecule has 82 valence electrons. The second-order valence-corrected chi connectivity index (χ2v) is 5.51. The Morgan fingerprint density at radius 3 is 2.64 bits per heavy atom. The van der Waals surface area contributed by atoms with Gasteiger partial charge in [0, 0.05) is 6.54 Å². The fourth-order valence-electron chi connectivity index (χ4n) is 1.41. The van der Waals surface area contributed by atoms with Crippen LogP contribution in [-0.4, -0.2) is 17.3 Å². The molecule has 1 atom stereocenters. The van der Waals surface area contributed by atoms with E-state index < -0.39 is 0 Å². The van der Waals surface area contributed by atoms with Crippen LogP contribution in [0.25, 0.3) is 0 Å². The number of amides is 1. The molecule has 1 amide bonds. The summed E-state index contributed by atoms with van der Waals surface area (Å²) in [7, 11) is 0. The van der Waals surface area contributed by atoms with E-state index in [4.69, 9.17) is 0 Å². The standard InChI is InChI=1S/C11H20BrNO/c1-8(2)10(12)11(14)13-7-3-4-9-5-6-9/h8-10H,3-7H2,1-2H3,(H,13,14). The zero-order valence-electron chi connectivity index (χ0n) is 9.05. The molecule has 1 fully saturated rings. The van der Waals surface area contributed by atoms with Crippen LogP contribution >= 0.6 is 15.9 Å². The van der Waals surface area contributed by atoms with Gasteiger partial charge in [-0.15, -0.1) is 0 Å². The summed E-state index contributed by atoms with van der Waals surface area (Å²) in [5.74, 6) is 1.46. The van der Waals surface area contributed by atoms with E-state index in [1.54, 1.807) is 0 Å². The highest BCUT2D eigenvalue weighted by atomic mass is 79.9. The first kappa shape index (κ1) is 12.0. The molecule has 3 heteroatoms. The van der Waals surface area contributed by atoms with Gasteiger partial charge in [-0.25, -0.2) is 0 Å². The van der Waals surface area contributed by atoms with E-state index in [1.165, 1.54) is 19.3 Å². The number of halogens is 1. The predicted molar refractivity (Wildman–Crippen MR) is 62.5 cm³/mol. The summed E-state index contributed by atoms with van der Waals surface area (Å²) in [6.45, 7) is 4.93. The van der Waals surface area contributed by atoms with Crippen molar-refractivity contribution in [2.45, 2.75) is 44.4 Å². The molecule has 1 aliphatic carbocycles. The molecule has 1 aliphatic rings. The lowest BCUT2D eigenvalue weighted by molar-refractivity contribution is -0.121. The van der Waals surface area contributed by atoms with Crippen molar-refractivity contribution in [2.75, 3.05) is 6.54 Å². The van der Waals surface area contributed by atoms with Crippen LogP contribution in [0.1, 0.15) is 39.5 Å². The average molecular weight is 262 g/mol. The molecular formula is C11H20BrNO. The van der Waals surface area contributed by atoms with E-state index in [0.717, 1.165) is 18.9 Å². The maximum atomic E-state index is 11.5. The Balaban J connectivity index is 2.01. The van der Waals surface area contributed by atoms with E-state index in [-0.39, 0.29) is 10.7 Å². The fraction of sp³-hybridized carbons (Fsp3) is 0.909. The van der Waals surface area contributed by atoms with E-state index in [2.05, 4.69) is 21.2 Å². The van der Waals surface area contributed by atoms with Gasteiger partial charge >= 0.3 is 0 Å². The van der Waals surface area contributed by atoms with Crippen LogP contribution in [0.15, 0.2) is 0 Å². The molecule has 0 aliphatic heterocycles. The third-order valence-corrected chi connectivity index (χ3v) is 4.09. The lowest BCUT2D eigenvalue weighted by Gasteiger charge is -2.13. The molecule has 0 radical (unpaired) electrons. The maximum Gasteiger partial charge on any atom is 0.234 e. The average Bonchev–Trinajstić information content (AvgIpc) is 2.94. The summed E-state index contributed by atoms with van der Waals surface area (Å²) in [6.07, 6.45) is 5.23. The first-order valence-corrected chi connectivity index (χ1v) is 6.44. The number of hydrogen-bond acceptors (Lipinski definition) is 1. The van der Waals surface area contributed by atoms with Crippen molar-refractivity contribution in [3.63, 3.8) is 0 Å². The summed E-state index contributed by atoms with van der Waals surface area (Å²) in [6, 6.07) is 0.